The van der Waals surface area contributed by atoms with E-state index < -0.39 is 5.82 Å². The summed E-state index contributed by atoms with van der Waals surface area (Å²) in [5.41, 5.74) is 2.47. The Morgan fingerprint density at radius 2 is 1.83 bits per heavy atom. The highest BCUT2D eigenvalue weighted by Gasteiger charge is 2.32. The molecule has 0 radical (unpaired) electrons. The number of carbonyl (C=O) groups is 1. The average molecular weight is 492 g/mol. The lowest BCUT2D eigenvalue weighted by Gasteiger charge is -2.28. The van der Waals surface area contributed by atoms with Crippen molar-refractivity contribution in [3.8, 4) is 17.3 Å². The number of amides is 1. The molecule has 1 aliphatic carbocycles. The standard InChI is InChI=1S/C29H34FN3O3/c1-2-26-24(20-32(19-23-15-10-18-35-23)28(34)21-11-6-7-12-21)29(36-27-17-9-8-16-25(27)30)33(31-26)22-13-4-3-5-14-22/h3-5,8-9,13-14,16-17,21,23H,2,6-7,10-12,15,18-20H2,1H3/t23-/m0/s1. The first-order chi connectivity index (χ1) is 17.6. The summed E-state index contributed by atoms with van der Waals surface area (Å²) in [4.78, 5) is 15.6. The van der Waals surface area contributed by atoms with Crippen molar-refractivity contribution in [1.82, 2.24) is 14.7 Å². The highest BCUT2D eigenvalue weighted by molar-refractivity contribution is 5.79. The minimum atomic E-state index is -0.444. The van der Waals surface area contributed by atoms with E-state index >= 15 is 0 Å². The Labute approximate surface area is 212 Å². The van der Waals surface area contributed by atoms with Gasteiger partial charge in [0.15, 0.2) is 11.6 Å². The van der Waals surface area contributed by atoms with Crippen LogP contribution in [0.3, 0.4) is 0 Å². The van der Waals surface area contributed by atoms with E-state index in [0.717, 1.165) is 62.1 Å². The maximum absolute atomic E-state index is 14.7. The maximum Gasteiger partial charge on any atom is 0.228 e. The molecule has 5 rings (SSSR count). The molecule has 0 unspecified atom stereocenters. The quantitative estimate of drug-likeness (QED) is 0.365. The van der Waals surface area contributed by atoms with Crippen molar-refractivity contribution < 1.29 is 18.7 Å². The maximum atomic E-state index is 14.7. The lowest BCUT2D eigenvalue weighted by molar-refractivity contribution is -0.137. The molecule has 2 aliphatic rings. The molecule has 1 saturated carbocycles. The summed E-state index contributed by atoms with van der Waals surface area (Å²) >= 11 is 0. The normalized spacial score (nSPS) is 18.0. The van der Waals surface area contributed by atoms with Crippen molar-refractivity contribution in [3.05, 3.63) is 71.7 Å². The van der Waals surface area contributed by atoms with Gasteiger partial charge in [-0.3, -0.25) is 4.79 Å². The molecule has 2 fully saturated rings. The SMILES string of the molecule is CCc1nn(-c2ccccc2)c(Oc2ccccc2F)c1CN(C[C@@H]1CCCO1)C(=O)C1CCCC1. The summed E-state index contributed by atoms with van der Waals surface area (Å²) in [6, 6.07) is 16.1. The first kappa shape index (κ1) is 24.5. The number of para-hydroxylation sites is 2. The second-order valence-electron chi connectivity index (χ2n) is 9.70. The van der Waals surface area contributed by atoms with E-state index in [-0.39, 0.29) is 23.7 Å². The van der Waals surface area contributed by atoms with E-state index in [4.69, 9.17) is 14.6 Å². The highest BCUT2D eigenvalue weighted by atomic mass is 19.1. The number of hydrogen-bond acceptors (Lipinski definition) is 4. The minimum absolute atomic E-state index is 0.0422. The Kier molecular flexibility index (Phi) is 7.66. The van der Waals surface area contributed by atoms with Crippen LogP contribution in [0.25, 0.3) is 5.69 Å². The molecule has 0 bridgehead atoms. The van der Waals surface area contributed by atoms with Gasteiger partial charge in [0.05, 0.1) is 29.6 Å². The third-order valence-corrected chi connectivity index (χ3v) is 7.21. The lowest BCUT2D eigenvalue weighted by atomic mass is 10.0. The zero-order chi connectivity index (χ0) is 24.9. The van der Waals surface area contributed by atoms with Gasteiger partial charge in [-0.1, -0.05) is 50.1 Å². The van der Waals surface area contributed by atoms with Gasteiger partial charge < -0.3 is 14.4 Å². The van der Waals surface area contributed by atoms with Gasteiger partial charge in [-0.15, -0.1) is 0 Å². The first-order valence-electron chi connectivity index (χ1n) is 13.1. The van der Waals surface area contributed by atoms with Crippen LogP contribution in [0.15, 0.2) is 54.6 Å². The summed E-state index contributed by atoms with van der Waals surface area (Å²) in [5.74, 6) is 0.359. The Morgan fingerprint density at radius 1 is 1.08 bits per heavy atom. The van der Waals surface area contributed by atoms with Crippen LogP contribution in [0, 0.1) is 11.7 Å². The third-order valence-electron chi connectivity index (χ3n) is 7.21. The summed E-state index contributed by atoms with van der Waals surface area (Å²) in [7, 11) is 0. The highest BCUT2D eigenvalue weighted by Crippen LogP contribution is 2.35. The van der Waals surface area contributed by atoms with Gasteiger partial charge in [-0.2, -0.15) is 5.10 Å². The molecule has 1 aliphatic heterocycles. The number of halogens is 1. The zero-order valence-electron chi connectivity index (χ0n) is 20.9. The molecule has 1 atom stereocenters. The smallest absolute Gasteiger partial charge is 0.228 e. The van der Waals surface area contributed by atoms with Gasteiger partial charge >= 0.3 is 0 Å². The number of ether oxygens (including phenoxy) is 2. The number of aromatic nitrogens is 2. The number of aryl methyl sites for hydroxylation is 1. The van der Waals surface area contributed by atoms with Crippen LogP contribution in [-0.2, 0) is 22.5 Å². The Bertz CT molecular complexity index is 1170. The van der Waals surface area contributed by atoms with Crippen molar-refractivity contribution in [2.45, 2.75) is 64.5 Å². The predicted molar refractivity (Wildman–Crippen MR) is 136 cm³/mol. The van der Waals surface area contributed by atoms with E-state index in [2.05, 4.69) is 0 Å². The van der Waals surface area contributed by atoms with E-state index in [1.165, 1.54) is 6.07 Å². The zero-order valence-corrected chi connectivity index (χ0v) is 20.9. The summed E-state index contributed by atoms with van der Waals surface area (Å²) < 4.78 is 28.5. The van der Waals surface area contributed by atoms with Crippen molar-refractivity contribution in [2.24, 2.45) is 5.92 Å². The molecule has 1 saturated heterocycles. The topological polar surface area (TPSA) is 56.6 Å². The number of carbonyl (C=O) groups excluding carboxylic acids is 1. The van der Waals surface area contributed by atoms with Crippen LogP contribution in [-0.4, -0.2) is 39.8 Å². The average Bonchev–Trinajstić information content (AvgIpc) is 3.68. The van der Waals surface area contributed by atoms with Crippen molar-refractivity contribution in [3.63, 3.8) is 0 Å². The minimum Gasteiger partial charge on any atom is -0.435 e. The van der Waals surface area contributed by atoms with E-state index in [1.807, 2.05) is 42.2 Å². The molecule has 2 aromatic carbocycles. The molecule has 3 aromatic rings. The van der Waals surface area contributed by atoms with Crippen molar-refractivity contribution in [2.75, 3.05) is 13.2 Å². The predicted octanol–water partition coefficient (Wildman–Crippen LogP) is 6.06. The monoisotopic (exact) mass is 491 g/mol. The fourth-order valence-electron chi connectivity index (χ4n) is 5.29. The Hall–Kier alpha value is -3.19. The van der Waals surface area contributed by atoms with Crippen LogP contribution < -0.4 is 4.74 Å². The van der Waals surface area contributed by atoms with Crippen LogP contribution in [0.2, 0.25) is 0 Å². The molecule has 2 heterocycles. The molecule has 0 N–H and O–H groups in total. The summed E-state index contributed by atoms with van der Waals surface area (Å²) in [6.45, 7) is 3.68. The molecule has 36 heavy (non-hydrogen) atoms. The van der Waals surface area contributed by atoms with Gasteiger partial charge in [0.1, 0.15) is 0 Å². The van der Waals surface area contributed by atoms with Crippen molar-refractivity contribution in [1.29, 1.82) is 0 Å². The number of nitrogens with zero attached hydrogens (tertiary/aromatic N) is 3. The lowest BCUT2D eigenvalue weighted by Crippen LogP contribution is -2.40. The van der Waals surface area contributed by atoms with Crippen LogP contribution in [0.5, 0.6) is 11.6 Å². The molecule has 1 aromatic heterocycles. The molecule has 190 valence electrons. The van der Waals surface area contributed by atoms with E-state index in [0.29, 0.717) is 25.4 Å². The molecule has 0 spiro atoms. The van der Waals surface area contributed by atoms with Crippen LogP contribution >= 0.6 is 0 Å². The molecule has 1 amide bonds. The first-order valence-corrected chi connectivity index (χ1v) is 13.1. The largest absolute Gasteiger partial charge is 0.435 e. The van der Waals surface area contributed by atoms with Gasteiger partial charge in [-0.05, 0) is 56.4 Å². The Balaban J connectivity index is 1.55. The van der Waals surface area contributed by atoms with E-state index in [1.54, 1.807) is 22.9 Å². The molecule has 7 heteroatoms. The van der Waals surface area contributed by atoms with Gasteiger partial charge in [0.25, 0.3) is 0 Å². The number of benzene rings is 2. The second-order valence-corrected chi connectivity index (χ2v) is 9.70. The molecular formula is C29H34FN3O3. The van der Waals surface area contributed by atoms with Crippen LogP contribution in [0.1, 0.15) is 56.7 Å². The van der Waals surface area contributed by atoms with E-state index in [9.17, 15) is 9.18 Å². The van der Waals surface area contributed by atoms with Gasteiger partial charge in [-0.25, -0.2) is 9.07 Å². The summed E-state index contributed by atoms with van der Waals surface area (Å²) in [5, 5.41) is 4.87. The number of hydrogen-bond donors (Lipinski definition) is 0. The second kappa shape index (κ2) is 11.2. The van der Waals surface area contributed by atoms with Crippen molar-refractivity contribution >= 4 is 5.91 Å². The molecular weight excluding hydrogens is 457 g/mol. The van der Waals surface area contributed by atoms with Crippen LogP contribution in [0.4, 0.5) is 4.39 Å². The number of rotatable bonds is 9. The molecule has 6 nitrogen and oxygen atoms in total. The summed E-state index contributed by atoms with van der Waals surface area (Å²) in [6.07, 6.45) is 6.73. The fraction of sp³-hybridized carbons (Fsp3) is 0.448. The van der Waals surface area contributed by atoms with Gasteiger partial charge in [0, 0.05) is 19.1 Å². The Morgan fingerprint density at radius 3 is 2.53 bits per heavy atom. The fourth-order valence-corrected chi connectivity index (χ4v) is 5.29. The van der Waals surface area contributed by atoms with Gasteiger partial charge in [0.2, 0.25) is 11.8 Å². The third kappa shape index (κ3) is 5.31.